The van der Waals surface area contributed by atoms with E-state index in [2.05, 4.69) is 6.58 Å². The number of carbonyl (C=O) groups excluding carboxylic acids is 1. The zero-order valence-corrected chi connectivity index (χ0v) is 15.2. The largest absolute Gasteiger partial charge is 0.460 e. The average molecular weight is 381 g/mol. The first-order valence-corrected chi connectivity index (χ1v) is 8.27. The second-order valence-corrected chi connectivity index (χ2v) is 7.10. The van der Waals surface area contributed by atoms with Gasteiger partial charge >= 0.3 is 5.97 Å². The Labute approximate surface area is 154 Å². The Kier molecular flexibility index (Phi) is 5.79. The number of nitriles is 1. The van der Waals surface area contributed by atoms with E-state index in [0.717, 1.165) is 6.08 Å². The molecule has 144 valence electrons. The SMILES string of the molecule is C=CCc1c(F)c(F)c(COC(=O)C2C(/C=C(\C)C#N)C2(C)C)c(F)c1F. The van der Waals surface area contributed by atoms with Crippen molar-refractivity contribution < 1.29 is 27.1 Å². The number of halogens is 4. The molecule has 1 aliphatic carbocycles. The van der Waals surface area contributed by atoms with E-state index in [1.807, 2.05) is 6.07 Å². The van der Waals surface area contributed by atoms with Gasteiger partial charge in [-0.05, 0) is 24.7 Å². The van der Waals surface area contributed by atoms with E-state index in [-0.39, 0.29) is 12.3 Å². The molecule has 0 saturated heterocycles. The Morgan fingerprint density at radius 3 is 2.19 bits per heavy atom. The summed E-state index contributed by atoms with van der Waals surface area (Å²) in [6.07, 6.45) is 2.37. The first kappa shape index (κ1) is 20.7. The molecular weight excluding hydrogens is 362 g/mol. The first-order valence-electron chi connectivity index (χ1n) is 8.27. The van der Waals surface area contributed by atoms with Crippen molar-refractivity contribution in [2.45, 2.75) is 33.8 Å². The molecule has 1 fully saturated rings. The molecule has 2 unspecified atom stereocenters. The van der Waals surface area contributed by atoms with Gasteiger partial charge in [0, 0.05) is 11.1 Å². The highest BCUT2D eigenvalue weighted by Gasteiger charge is 2.61. The molecule has 1 aromatic carbocycles. The summed E-state index contributed by atoms with van der Waals surface area (Å²) in [5, 5.41) is 8.84. The maximum atomic E-state index is 14.1. The Balaban J connectivity index is 2.19. The van der Waals surface area contributed by atoms with Crippen LogP contribution in [0, 0.1) is 51.9 Å². The summed E-state index contributed by atoms with van der Waals surface area (Å²) in [6.45, 7) is 7.52. The van der Waals surface area contributed by atoms with Crippen LogP contribution in [0.5, 0.6) is 0 Å². The summed E-state index contributed by atoms with van der Waals surface area (Å²) >= 11 is 0. The van der Waals surface area contributed by atoms with Crippen molar-refractivity contribution >= 4 is 5.97 Å². The summed E-state index contributed by atoms with van der Waals surface area (Å²) in [5.74, 6) is -7.86. The third-order valence-electron chi connectivity index (χ3n) is 4.92. The van der Waals surface area contributed by atoms with E-state index in [9.17, 15) is 22.4 Å². The number of hydrogen-bond donors (Lipinski definition) is 0. The van der Waals surface area contributed by atoms with Crippen LogP contribution in [0.1, 0.15) is 31.9 Å². The van der Waals surface area contributed by atoms with Crippen molar-refractivity contribution in [2.75, 3.05) is 0 Å². The molecule has 3 nitrogen and oxygen atoms in total. The molecule has 1 aromatic rings. The molecule has 0 N–H and O–H groups in total. The van der Waals surface area contributed by atoms with E-state index < -0.39 is 58.3 Å². The molecule has 0 amide bonds. The van der Waals surface area contributed by atoms with Gasteiger partial charge in [0.25, 0.3) is 0 Å². The number of benzene rings is 1. The molecule has 0 spiro atoms. The van der Waals surface area contributed by atoms with Gasteiger partial charge in [0.05, 0.1) is 17.6 Å². The van der Waals surface area contributed by atoms with Crippen LogP contribution in [0.25, 0.3) is 0 Å². The molecule has 1 aliphatic rings. The number of ether oxygens (including phenoxy) is 1. The lowest BCUT2D eigenvalue weighted by Gasteiger charge is -2.12. The number of hydrogen-bond acceptors (Lipinski definition) is 3. The standard InChI is InChI=1S/C20H19F4NO2/c1-5-6-11-15(21)17(23)12(18(24)16(11)22)9-27-19(26)14-13(20(14,3)4)7-10(2)8-25/h5,7,13-14H,1,6,9H2,2-4H3/b10-7+. The second kappa shape index (κ2) is 7.55. The van der Waals surface area contributed by atoms with Crippen molar-refractivity contribution in [3.8, 4) is 6.07 Å². The monoisotopic (exact) mass is 381 g/mol. The number of carbonyl (C=O) groups is 1. The van der Waals surface area contributed by atoms with Crippen LogP contribution in [-0.2, 0) is 22.6 Å². The van der Waals surface area contributed by atoms with E-state index in [1.165, 1.54) is 0 Å². The van der Waals surface area contributed by atoms with Crippen LogP contribution in [0.2, 0.25) is 0 Å². The summed E-state index contributed by atoms with van der Waals surface area (Å²) in [6, 6.07) is 1.95. The minimum atomic E-state index is -1.59. The highest BCUT2D eigenvalue weighted by atomic mass is 19.2. The summed E-state index contributed by atoms with van der Waals surface area (Å²) in [5.41, 5.74) is -1.81. The number of nitrogens with zero attached hydrogens (tertiary/aromatic N) is 1. The average Bonchev–Trinajstić information content (AvgIpc) is 3.16. The van der Waals surface area contributed by atoms with Gasteiger partial charge in [0.15, 0.2) is 23.3 Å². The van der Waals surface area contributed by atoms with Gasteiger partial charge in [0.1, 0.15) is 6.61 Å². The van der Waals surface area contributed by atoms with Crippen LogP contribution >= 0.6 is 0 Å². The minimum absolute atomic E-state index is 0.261. The Hall–Kier alpha value is -2.62. The minimum Gasteiger partial charge on any atom is -0.460 e. The lowest BCUT2D eigenvalue weighted by atomic mass is 10.1. The van der Waals surface area contributed by atoms with Crippen LogP contribution < -0.4 is 0 Å². The number of rotatable bonds is 6. The zero-order valence-electron chi connectivity index (χ0n) is 15.2. The van der Waals surface area contributed by atoms with Crippen molar-refractivity contribution in [1.29, 1.82) is 5.26 Å². The second-order valence-electron chi connectivity index (χ2n) is 7.10. The molecule has 0 heterocycles. The molecule has 7 heteroatoms. The predicted octanol–water partition coefficient (Wildman–Crippen LogP) is 4.76. The molecule has 27 heavy (non-hydrogen) atoms. The predicted molar refractivity (Wildman–Crippen MR) is 90.1 cm³/mol. The van der Waals surface area contributed by atoms with Crippen LogP contribution in [0.3, 0.4) is 0 Å². The van der Waals surface area contributed by atoms with Gasteiger partial charge in [-0.25, -0.2) is 17.6 Å². The Bertz CT molecular complexity index is 839. The maximum Gasteiger partial charge on any atom is 0.310 e. The van der Waals surface area contributed by atoms with Crippen molar-refractivity contribution in [3.63, 3.8) is 0 Å². The third-order valence-corrected chi connectivity index (χ3v) is 4.92. The van der Waals surface area contributed by atoms with Crippen molar-refractivity contribution in [3.05, 3.63) is 58.7 Å². The van der Waals surface area contributed by atoms with Crippen LogP contribution in [0.4, 0.5) is 17.6 Å². The number of esters is 1. The van der Waals surface area contributed by atoms with Crippen LogP contribution in [-0.4, -0.2) is 5.97 Å². The Morgan fingerprint density at radius 1 is 1.19 bits per heavy atom. The highest BCUT2D eigenvalue weighted by Crippen LogP contribution is 2.59. The van der Waals surface area contributed by atoms with Gasteiger partial charge in [-0.3, -0.25) is 4.79 Å². The molecule has 2 atom stereocenters. The van der Waals surface area contributed by atoms with E-state index in [4.69, 9.17) is 10.00 Å². The third kappa shape index (κ3) is 3.75. The lowest BCUT2D eigenvalue weighted by Crippen LogP contribution is -2.14. The fourth-order valence-electron chi connectivity index (χ4n) is 3.15. The zero-order chi connectivity index (χ0) is 20.5. The quantitative estimate of drug-likeness (QED) is 0.235. The van der Waals surface area contributed by atoms with Gasteiger partial charge in [-0.1, -0.05) is 26.0 Å². The van der Waals surface area contributed by atoms with E-state index >= 15 is 0 Å². The topological polar surface area (TPSA) is 50.1 Å². The molecule has 0 aromatic heterocycles. The molecule has 0 bridgehead atoms. The summed E-state index contributed by atoms with van der Waals surface area (Å²) in [4.78, 5) is 12.3. The fourth-order valence-corrected chi connectivity index (χ4v) is 3.15. The summed E-state index contributed by atoms with van der Waals surface area (Å²) < 4.78 is 61.0. The fraction of sp³-hybridized carbons (Fsp3) is 0.400. The van der Waals surface area contributed by atoms with E-state index in [1.54, 1.807) is 26.8 Å². The molecule has 1 saturated carbocycles. The van der Waals surface area contributed by atoms with Crippen molar-refractivity contribution in [2.24, 2.45) is 17.3 Å². The normalized spacial score (nSPS) is 20.7. The Morgan fingerprint density at radius 2 is 1.70 bits per heavy atom. The molecular formula is C20H19F4NO2. The first-order chi connectivity index (χ1) is 12.6. The summed E-state index contributed by atoms with van der Waals surface area (Å²) in [7, 11) is 0. The molecule has 0 aliphatic heterocycles. The van der Waals surface area contributed by atoms with Crippen LogP contribution in [0.15, 0.2) is 24.3 Å². The van der Waals surface area contributed by atoms with Gasteiger partial charge in [-0.15, -0.1) is 6.58 Å². The van der Waals surface area contributed by atoms with Crippen molar-refractivity contribution in [1.82, 2.24) is 0 Å². The van der Waals surface area contributed by atoms with Gasteiger partial charge in [-0.2, -0.15) is 5.26 Å². The van der Waals surface area contributed by atoms with Gasteiger partial charge in [0.2, 0.25) is 0 Å². The number of allylic oxidation sites excluding steroid dienone is 3. The molecule has 2 rings (SSSR count). The highest BCUT2D eigenvalue weighted by molar-refractivity contribution is 5.78. The van der Waals surface area contributed by atoms with E-state index in [0.29, 0.717) is 5.57 Å². The lowest BCUT2D eigenvalue weighted by molar-refractivity contribution is -0.147. The van der Waals surface area contributed by atoms with Gasteiger partial charge < -0.3 is 4.74 Å². The smallest absolute Gasteiger partial charge is 0.310 e. The maximum absolute atomic E-state index is 14.1. The molecule has 0 radical (unpaired) electrons.